The number of carbonyl (C=O) groups is 1. The van der Waals surface area contributed by atoms with E-state index in [4.69, 9.17) is 4.74 Å². The summed E-state index contributed by atoms with van der Waals surface area (Å²) < 4.78 is 5.19. The van der Waals surface area contributed by atoms with Crippen LogP contribution in [0.5, 0.6) is 5.75 Å². The third-order valence-corrected chi connectivity index (χ3v) is 4.35. The third kappa shape index (κ3) is 5.13. The van der Waals surface area contributed by atoms with Gasteiger partial charge in [0, 0.05) is 13.1 Å². The lowest BCUT2D eigenvalue weighted by molar-refractivity contribution is 0.0831. The Morgan fingerprint density at radius 2 is 2.17 bits per heavy atom. The smallest absolute Gasteiger partial charge is 0.317 e. The average Bonchev–Trinajstić information content (AvgIpc) is 2.58. The molecule has 23 heavy (non-hydrogen) atoms. The predicted octanol–water partition coefficient (Wildman–Crippen LogP) is 3.09. The maximum atomic E-state index is 12.5. The minimum Gasteiger partial charge on any atom is -0.497 e. The number of nitrogens with zero attached hydrogens (tertiary/aromatic N) is 1. The van der Waals surface area contributed by atoms with Gasteiger partial charge in [-0.05, 0) is 37.0 Å². The van der Waals surface area contributed by atoms with Gasteiger partial charge in [0.1, 0.15) is 5.75 Å². The van der Waals surface area contributed by atoms with Gasteiger partial charge in [-0.25, -0.2) is 4.79 Å². The molecule has 1 aromatic rings. The van der Waals surface area contributed by atoms with E-state index in [1.54, 1.807) is 12.0 Å². The van der Waals surface area contributed by atoms with Crippen LogP contribution in [-0.4, -0.2) is 42.3 Å². The van der Waals surface area contributed by atoms with Gasteiger partial charge in [0.15, 0.2) is 0 Å². The van der Waals surface area contributed by atoms with Gasteiger partial charge >= 0.3 is 6.03 Å². The van der Waals surface area contributed by atoms with E-state index in [0.29, 0.717) is 13.1 Å². The van der Waals surface area contributed by atoms with Crippen molar-refractivity contribution in [3.63, 3.8) is 0 Å². The van der Waals surface area contributed by atoms with E-state index in [1.807, 2.05) is 24.3 Å². The Kier molecular flexibility index (Phi) is 6.71. The van der Waals surface area contributed by atoms with Crippen LogP contribution in [0, 0.1) is 0 Å². The van der Waals surface area contributed by atoms with Crippen molar-refractivity contribution < 1.29 is 14.6 Å². The maximum Gasteiger partial charge on any atom is 0.317 e. The highest BCUT2D eigenvalue weighted by Crippen LogP contribution is 2.23. The summed E-state index contributed by atoms with van der Waals surface area (Å²) in [6.07, 6.45) is 4.29. The molecule has 2 atom stereocenters. The molecule has 5 heteroatoms. The summed E-state index contributed by atoms with van der Waals surface area (Å²) in [6.45, 7) is 3.29. The van der Waals surface area contributed by atoms with Crippen LogP contribution >= 0.6 is 0 Å². The van der Waals surface area contributed by atoms with E-state index in [0.717, 1.165) is 43.4 Å². The van der Waals surface area contributed by atoms with Crippen molar-refractivity contribution in [2.75, 3.05) is 20.2 Å². The molecule has 1 fully saturated rings. The van der Waals surface area contributed by atoms with E-state index in [9.17, 15) is 9.90 Å². The van der Waals surface area contributed by atoms with E-state index in [2.05, 4.69) is 12.2 Å². The number of likely N-dealkylation sites (tertiary alicyclic amines) is 1. The Bertz CT molecular complexity index is 490. The van der Waals surface area contributed by atoms with E-state index in [1.165, 1.54) is 0 Å². The number of hydrogen-bond acceptors (Lipinski definition) is 3. The van der Waals surface area contributed by atoms with Crippen molar-refractivity contribution in [3.8, 4) is 5.75 Å². The highest BCUT2D eigenvalue weighted by molar-refractivity contribution is 5.75. The molecule has 1 saturated heterocycles. The number of urea groups is 1. The van der Waals surface area contributed by atoms with Crippen molar-refractivity contribution in [1.29, 1.82) is 0 Å². The Morgan fingerprint density at radius 3 is 2.78 bits per heavy atom. The highest BCUT2D eigenvalue weighted by atomic mass is 16.5. The molecule has 0 bridgehead atoms. The highest BCUT2D eigenvalue weighted by Gasteiger charge is 2.24. The van der Waals surface area contributed by atoms with E-state index in [-0.39, 0.29) is 12.1 Å². The number of benzene rings is 1. The maximum absolute atomic E-state index is 12.5. The number of carbonyl (C=O) groups excluding carboxylic acids is 1. The summed E-state index contributed by atoms with van der Waals surface area (Å²) in [7, 11) is 1.65. The summed E-state index contributed by atoms with van der Waals surface area (Å²) in [5, 5.41) is 12.9. The first-order valence-electron chi connectivity index (χ1n) is 8.51. The van der Waals surface area contributed by atoms with Gasteiger partial charge in [-0.3, -0.25) is 0 Å². The fourth-order valence-electron chi connectivity index (χ4n) is 2.95. The third-order valence-electron chi connectivity index (χ3n) is 4.35. The van der Waals surface area contributed by atoms with Gasteiger partial charge in [-0.2, -0.15) is 0 Å². The number of β-amino-alcohol motifs (C(OH)–C–C–N with tert-alkyl or cyclic N) is 1. The van der Waals surface area contributed by atoms with Gasteiger partial charge in [-0.15, -0.1) is 0 Å². The quantitative estimate of drug-likeness (QED) is 0.846. The Morgan fingerprint density at radius 1 is 1.43 bits per heavy atom. The molecule has 2 unspecified atom stereocenters. The summed E-state index contributed by atoms with van der Waals surface area (Å²) in [4.78, 5) is 14.2. The van der Waals surface area contributed by atoms with Crippen LogP contribution < -0.4 is 10.1 Å². The number of aliphatic hydroxyl groups is 1. The Labute approximate surface area is 138 Å². The summed E-state index contributed by atoms with van der Waals surface area (Å²) >= 11 is 0. The lowest BCUT2D eigenvalue weighted by Crippen LogP contribution is -2.48. The molecule has 2 amide bonds. The number of aliphatic hydroxyl groups excluding tert-OH is 1. The van der Waals surface area contributed by atoms with Crippen molar-refractivity contribution in [3.05, 3.63) is 29.8 Å². The molecule has 0 aliphatic carbocycles. The molecule has 2 rings (SSSR count). The monoisotopic (exact) mass is 320 g/mol. The Balaban J connectivity index is 2.03. The summed E-state index contributed by atoms with van der Waals surface area (Å²) in [5.41, 5.74) is 1.09. The SMILES string of the molecule is CCCCC(NC(=O)N1CCCC(O)C1)c1ccc(OC)cc1. The largest absolute Gasteiger partial charge is 0.497 e. The topological polar surface area (TPSA) is 61.8 Å². The number of ether oxygens (including phenoxy) is 1. The summed E-state index contributed by atoms with van der Waals surface area (Å²) in [5.74, 6) is 0.813. The first-order valence-corrected chi connectivity index (χ1v) is 8.51. The zero-order valence-corrected chi connectivity index (χ0v) is 14.1. The van der Waals surface area contributed by atoms with Gasteiger partial charge in [0.2, 0.25) is 0 Å². The Hall–Kier alpha value is -1.75. The lowest BCUT2D eigenvalue weighted by Gasteiger charge is -2.32. The molecule has 1 aromatic carbocycles. The van der Waals surface area contributed by atoms with Crippen LogP contribution in [0.15, 0.2) is 24.3 Å². The van der Waals surface area contributed by atoms with Crippen LogP contribution in [0.2, 0.25) is 0 Å². The van der Waals surface area contributed by atoms with Crippen molar-refractivity contribution in [1.82, 2.24) is 10.2 Å². The van der Waals surface area contributed by atoms with Gasteiger partial charge in [0.25, 0.3) is 0 Å². The van der Waals surface area contributed by atoms with Gasteiger partial charge < -0.3 is 20.1 Å². The predicted molar refractivity (Wildman–Crippen MR) is 90.6 cm³/mol. The fourth-order valence-corrected chi connectivity index (χ4v) is 2.95. The first kappa shape index (κ1) is 17.6. The van der Waals surface area contributed by atoms with Crippen LogP contribution in [0.25, 0.3) is 0 Å². The minimum absolute atomic E-state index is 0.00701. The van der Waals surface area contributed by atoms with Crippen molar-refractivity contribution in [2.45, 2.75) is 51.2 Å². The average molecular weight is 320 g/mol. The molecule has 1 aliphatic heterocycles. The number of nitrogens with one attached hydrogen (secondary N) is 1. The number of amides is 2. The molecule has 128 valence electrons. The lowest BCUT2D eigenvalue weighted by atomic mass is 10.0. The minimum atomic E-state index is -0.399. The number of methoxy groups -OCH3 is 1. The number of piperidine rings is 1. The molecule has 5 nitrogen and oxygen atoms in total. The van der Waals surface area contributed by atoms with E-state index >= 15 is 0 Å². The zero-order chi connectivity index (χ0) is 16.7. The second-order valence-corrected chi connectivity index (χ2v) is 6.16. The van der Waals surface area contributed by atoms with E-state index < -0.39 is 6.10 Å². The molecule has 0 saturated carbocycles. The van der Waals surface area contributed by atoms with Crippen molar-refractivity contribution in [2.24, 2.45) is 0 Å². The first-order chi connectivity index (χ1) is 11.1. The van der Waals surface area contributed by atoms with Crippen LogP contribution in [0.1, 0.15) is 50.6 Å². The van der Waals surface area contributed by atoms with Gasteiger partial charge in [0.05, 0.1) is 19.3 Å². The normalized spacial score (nSPS) is 19.3. The molecule has 1 heterocycles. The van der Waals surface area contributed by atoms with Crippen molar-refractivity contribution >= 4 is 6.03 Å². The fraction of sp³-hybridized carbons (Fsp3) is 0.611. The number of unbranched alkanes of at least 4 members (excludes halogenated alkanes) is 1. The number of hydrogen-bond donors (Lipinski definition) is 2. The van der Waals surface area contributed by atoms with Gasteiger partial charge in [-0.1, -0.05) is 31.9 Å². The zero-order valence-electron chi connectivity index (χ0n) is 14.1. The molecule has 1 aliphatic rings. The van der Waals surface area contributed by atoms with Crippen LogP contribution in [0.3, 0.4) is 0 Å². The molecule has 2 N–H and O–H groups in total. The molecular formula is C18H28N2O3. The van der Waals surface area contributed by atoms with Crippen LogP contribution in [0.4, 0.5) is 4.79 Å². The summed E-state index contributed by atoms with van der Waals surface area (Å²) in [6, 6.07) is 7.76. The molecule has 0 spiro atoms. The number of rotatable bonds is 6. The standard InChI is InChI=1S/C18H28N2O3/c1-3-4-7-17(14-8-10-16(23-2)11-9-14)19-18(22)20-12-5-6-15(21)13-20/h8-11,15,17,21H,3-7,12-13H2,1-2H3,(H,19,22). The molecular weight excluding hydrogens is 292 g/mol. The molecule has 0 radical (unpaired) electrons. The second kappa shape index (κ2) is 8.77. The molecule has 0 aromatic heterocycles. The van der Waals surface area contributed by atoms with Crippen LogP contribution in [-0.2, 0) is 0 Å². The second-order valence-electron chi connectivity index (χ2n) is 6.16.